The van der Waals surface area contributed by atoms with Gasteiger partial charge in [0.25, 0.3) is 0 Å². The molecule has 7 heteroatoms. The van der Waals surface area contributed by atoms with Crippen LogP contribution in [0.4, 0.5) is 0 Å². The fourth-order valence-corrected chi connectivity index (χ4v) is 2.76. The van der Waals surface area contributed by atoms with E-state index < -0.39 is 0 Å². The van der Waals surface area contributed by atoms with Gasteiger partial charge in [0.1, 0.15) is 0 Å². The molecule has 2 rings (SSSR count). The van der Waals surface area contributed by atoms with Crippen molar-refractivity contribution in [2.24, 2.45) is 7.05 Å². The van der Waals surface area contributed by atoms with Crippen LogP contribution in [-0.2, 0) is 18.3 Å². The molecular weight excluding hydrogens is 311 g/mol. The van der Waals surface area contributed by atoms with Crippen molar-refractivity contribution in [3.8, 4) is 0 Å². The van der Waals surface area contributed by atoms with Gasteiger partial charge < -0.3 is 10.2 Å². The molecule has 1 aromatic rings. The van der Waals surface area contributed by atoms with Crippen molar-refractivity contribution in [1.29, 1.82) is 0 Å². The SMILES string of the molecule is Cc1nn(C)c(C)c1CCC(=O)N(C)C1CCNC1.Cl.Cl. The quantitative estimate of drug-likeness (QED) is 0.909. The maximum Gasteiger partial charge on any atom is 0.222 e. The molecule has 0 aliphatic carbocycles. The lowest BCUT2D eigenvalue weighted by Gasteiger charge is -2.23. The number of amides is 1. The summed E-state index contributed by atoms with van der Waals surface area (Å²) < 4.78 is 1.89. The van der Waals surface area contributed by atoms with Crippen molar-refractivity contribution in [2.45, 2.75) is 39.2 Å². The number of carbonyl (C=O) groups is 1. The van der Waals surface area contributed by atoms with E-state index in [1.54, 1.807) is 0 Å². The lowest BCUT2D eigenvalue weighted by Crippen LogP contribution is -2.38. The molecule has 1 fully saturated rings. The first kappa shape index (κ1) is 20.2. The standard InChI is InChI=1S/C14H24N4O.2ClH/c1-10-13(11(2)18(4)16-10)5-6-14(19)17(3)12-7-8-15-9-12;;/h12,15H,5-9H2,1-4H3;2*1H. The molecule has 1 aliphatic heterocycles. The molecule has 5 nitrogen and oxygen atoms in total. The van der Waals surface area contributed by atoms with Crippen molar-refractivity contribution in [3.05, 3.63) is 17.0 Å². The van der Waals surface area contributed by atoms with Crippen LogP contribution in [0.3, 0.4) is 0 Å². The highest BCUT2D eigenvalue weighted by molar-refractivity contribution is 5.85. The van der Waals surface area contributed by atoms with E-state index in [2.05, 4.69) is 17.3 Å². The third-order valence-electron chi connectivity index (χ3n) is 4.22. The maximum absolute atomic E-state index is 12.2. The molecule has 122 valence electrons. The van der Waals surface area contributed by atoms with Crippen LogP contribution in [0, 0.1) is 13.8 Å². The van der Waals surface area contributed by atoms with Gasteiger partial charge in [0.05, 0.1) is 5.69 Å². The highest BCUT2D eigenvalue weighted by atomic mass is 35.5. The predicted octanol–water partition coefficient (Wildman–Crippen LogP) is 1.63. The Morgan fingerprint density at radius 2 is 2.10 bits per heavy atom. The van der Waals surface area contributed by atoms with Gasteiger partial charge >= 0.3 is 0 Å². The highest BCUT2D eigenvalue weighted by Crippen LogP contribution is 2.15. The van der Waals surface area contributed by atoms with E-state index in [1.807, 2.05) is 30.6 Å². The minimum absolute atomic E-state index is 0. The molecule has 1 N–H and O–H groups in total. The number of rotatable bonds is 4. The molecule has 1 saturated heterocycles. The molecule has 1 amide bonds. The van der Waals surface area contributed by atoms with E-state index >= 15 is 0 Å². The Bertz CT molecular complexity index is 470. The molecule has 0 aromatic carbocycles. The number of aryl methyl sites for hydroxylation is 2. The Balaban J connectivity index is 0.00000200. The Labute approximate surface area is 139 Å². The van der Waals surface area contributed by atoms with Gasteiger partial charge in [0.2, 0.25) is 5.91 Å². The van der Waals surface area contributed by atoms with Crippen LogP contribution in [0.5, 0.6) is 0 Å². The predicted molar refractivity (Wildman–Crippen MR) is 89.5 cm³/mol. The summed E-state index contributed by atoms with van der Waals surface area (Å²) in [5, 5.41) is 7.69. The molecule has 1 aliphatic rings. The van der Waals surface area contributed by atoms with E-state index in [0.29, 0.717) is 12.5 Å². The van der Waals surface area contributed by atoms with Crippen molar-refractivity contribution >= 4 is 30.7 Å². The smallest absolute Gasteiger partial charge is 0.222 e. The molecule has 21 heavy (non-hydrogen) atoms. The largest absolute Gasteiger partial charge is 0.341 e. The second-order valence-corrected chi connectivity index (χ2v) is 5.42. The zero-order chi connectivity index (χ0) is 14.0. The van der Waals surface area contributed by atoms with Gasteiger partial charge in [0.15, 0.2) is 0 Å². The normalized spacial score (nSPS) is 17.0. The summed E-state index contributed by atoms with van der Waals surface area (Å²) in [6.45, 7) is 6.01. The molecule has 0 saturated carbocycles. The number of aromatic nitrogens is 2. The van der Waals surface area contributed by atoms with Gasteiger partial charge in [-0.25, -0.2) is 0 Å². The van der Waals surface area contributed by atoms with Gasteiger partial charge in [-0.15, -0.1) is 24.8 Å². The zero-order valence-corrected chi connectivity index (χ0v) is 14.8. The number of nitrogens with one attached hydrogen (secondary N) is 1. The molecule has 1 atom stereocenters. The first-order chi connectivity index (χ1) is 9.00. The van der Waals surface area contributed by atoms with Crippen LogP contribution < -0.4 is 5.32 Å². The van der Waals surface area contributed by atoms with E-state index in [-0.39, 0.29) is 30.7 Å². The van der Waals surface area contributed by atoms with Gasteiger partial charge in [-0.2, -0.15) is 5.10 Å². The van der Waals surface area contributed by atoms with E-state index in [4.69, 9.17) is 0 Å². The summed E-state index contributed by atoms with van der Waals surface area (Å²) in [6, 6.07) is 0.364. The number of likely N-dealkylation sites (N-methyl/N-ethyl adjacent to an activating group) is 1. The monoisotopic (exact) mass is 336 g/mol. The molecule has 2 heterocycles. The Morgan fingerprint density at radius 1 is 1.43 bits per heavy atom. The first-order valence-electron chi connectivity index (χ1n) is 6.96. The van der Waals surface area contributed by atoms with E-state index in [9.17, 15) is 4.79 Å². The number of nitrogens with zero attached hydrogens (tertiary/aromatic N) is 3. The minimum atomic E-state index is 0. The molecule has 0 bridgehead atoms. The number of carbonyl (C=O) groups excluding carboxylic acids is 1. The molecule has 1 aromatic heterocycles. The second-order valence-electron chi connectivity index (χ2n) is 5.42. The van der Waals surface area contributed by atoms with Gasteiger partial charge in [-0.05, 0) is 38.8 Å². The van der Waals surface area contributed by atoms with Crippen molar-refractivity contribution < 1.29 is 4.79 Å². The molecule has 0 radical (unpaired) electrons. The average molecular weight is 337 g/mol. The van der Waals surface area contributed by atoms with Crippen LogP contribution in [0.25, 0.3) is 0 Å². The number of halogens is 2. The van der Waals surface area contributed by atoms with Crippen molar-refractivity contribution in [3.63, 3.8) is 0 Å². The first-order valence-corrected chi connectivity index (χ1v) is 6.96. The Kier molecular flexibility index (Phi) is 8.29. The third kappa shape index (κ3) is 4.59. The second kappa shape index (κ2) is 8.61. The lowest BCUT2D eigenvalue weighted by molar-refractivity contribution is -0.131. The summed E-state index contributed by atoms with van der Waals surface area (Å²) in [4.78, 5) is 14.1. The molecule has 0 spiro atoms. The average Bonchev–Trinajstić information content (AvgIpc) is 2.97. The third-order valence-corrected chi connectivity index (χ3v) is 4.22. The summed E-state index contributed by atoms with van der Waals surface area (Å²) in [5.74, 6) is 0.233. The van der Waals surface area contributed by atoms with Crippen molar-refractivity contribution in [1.82, 2.24) is 20.0 Å². The summed E-state index contributed by atoms with van der Waals surface area (Å²) >= 11 is 0. The van der Waals surface area contributed by atoms with Crippen LogP contribution >= 0.6 is 24.8 Å². The number of hydrogen-bond donors (Lipinski definition) is 1. The van der Waals surface area contributed by atoms with Crippen LogP contribution in [-0.4, -0.2) is 46.8 Å². The Hall–Kier alpha value is -0.780. The van der Waals surface area contributed by atoms with Crippen LogP contribution in [0.2, 0.25) is 0 Å². The minimum Gasteiger partial charge on any atom is -0.341 e. The summed E-state index contributed by atoms with van der Waals surface area (Å²) in [5.41, 5.74) is 3.42. The van der Waals surface area contributed by atoms with Crippen LogP contribution in [0.1, 0.15) is 29.8 Å². The van der Waals surface area contributed by atoms with Gasteiger partial charge in [-0.1, -0.05) is 0 Å². The molecular formula is C14H26Cl2N4O. The fraction of sp³-hybridized carbons (Fsp3) is 0.714. The Morgan fingerprint density at radius 3 is 2.57 bits per heavy atom. The van der Waals surface area contributed by atoms with Gasteiger partial charge in [0, 0.05) is 38.8 Å². The van der Waals surface area contributed by atoms with E-state index in [0.717, 1.165) is 37.3 Å². The fourth-order valence-electron chi connectivity index (χ4n) is 2.76. The summed E-state index contributed by atoms with van der Waals surface area (Å²) in [7, 11) is 3.87. The van der Waals surface area contributed by atoms with Crippen molar-refractivity contribution in [2.75, 3.05) is 20.1 Å². The highest BCUT2D eigenvalue weighted by Gasteiger charge is 2.23. The summed E-state index contributed by atoms with van der Waals surface area (Å²) in [6.07, 6.45) is 2.42. The lowest BCUT2D eigenvalue weighted by atomic mass is 10.1. The number of hydrogen-bond acceptors (Lipinski definition) is 3. The van der Waals surface area contributed by atoms with E-state index in [1.165, 1.54) is 5.56 Å². The maximum atomic E-state index is 12.2. The topological polar surface area (TPSA) is 50.2 Å². The van der Waals surface area contributed by atoms with Crippen LogP contribution in [0.15, 0.2) is 0 Å². The zero-order valence-electron chi connectivity index (χ0n) is 13.2. The van der Waals surface area contributed by atoms with Gasteiger partial charge in [-0.3, -0.25) is 9.48 Å². The molecule has 1 unspecified atom stereocenters.